The molecule has 3 radical (unpaired) electrons. The van der Waals surface area contributed by atoms with E-state index in [0.717, 1.165) is 5.75 Å². The Kier molecular flexibility index (Phi) is 3.20. The predicted molar refractivity (Wildman–Crippen MR) is 77.0 cm³/mol. The number of ether oxygens (including phenoxy) is 1. The fourth-order valence-electron chi connectivity index (χ4n) is 2.67. The zero-order chi connectivity index (χ0) is 12.4. The summed E-state index contributed by atoms with van der Waals surface area (Å²) in [4.78, 5) is 0. The fraction of sp³-hybridized carbons (Fsp3) is 0.250. The molecule has 0 spiro atoms. The lowest BCUT2D eigenvalue weighted by Gasteiger charge is -2.12. The van der Waals surface area contributed by atoms with E-state index >= 15 is 0 Å². The van der Waals surface area contributed by atoms with Gasteiger partial charge in [0.1, 0.15) is 5.75 Å². The molecular formula is C16H15OSi. The lowest BCUT2D eigenvalue weighted by Crippen LogP contribution is -1.97. The molecule has 18 heavy (non-hydrogen) atoms. The number of allylic oxidation sites excluding steroid dienone is 2. The zero-order valence-electron chi connectivity index (χ0n) is 10.3. The summed E-state index contributed by atoms with van der Waals surface area (Å²) in [6.45, 7) is 0. The van der Waals surface area contributed by atoms with Gasteiger partial charge in [-0.05, 0) is 41.9 Å². The molecule has 0 fully saturated rings. The first kappa shape index (κ1) is 11.5. The van der Waals surface area contributed by atoms with Crippen LogP contribution in [0.3, 0.4) is 0 Å². The summed E-state index contributed by atoms with van der Waals surface area (Å²) in [5.41, 5.74) is 2.85. The number of rotatable bonds is 3. The minimum Gasteiger partial charge on any atom is -0.497 e. The Morgan fingerprint density at radius 2 is 1.89 bits per heavy atom. The van der Waals surface area contributed by atoms with Crippen molar-refractivity contribution < 1.29 is 4.74 Å². The summed E-state index contributed by atoms with van der Waals surface area (Å²) in [6, 6.07) is 12.7. The van der Waals surface area contributed by atoms with Crippen molar-refractivity contribution in [2.75, 3.05) is 6.23 Å². The normalized spacial score (nSPS) is 14.8. The van der Waals surface area contributed by atoms with E-state index in [1.165, 1.54) is 41.2 Å². The third-order valence-electron chi connectivity index (χ3n) is 3.50. The van der Waals surface area contributed by atoms with Gasteiger partial charge in [-0.1, -0.05) is 36.4 Å². The monoisotopic (exact) mass is 251 g/mol. The van der Waals surface area contributed by atoms with Crippen molar-refractivity contribution in [2.24, 2.45) is 0 Å². The highest BCUT2D eigenvalue weighted by atomic mass is 28.1. The molecule has 1 aliphatic carbocycles. The highest BCUT2D eigenvalue weighted by molar-refractivity contribution is 6.08. The Morgan fingerprint density at radius 3 is 2.61 bits per heavy atom. The van der Waals surface area contributed by atoms with Gasteiger partial charge in [0, 0.05) is 5.39 Å². The molecule has 89 valence electrons. The Morgan fingerprint density at radius 1 is 1.06 bits per heavy atom. The maximum absolute atomic E-state index is 5.63. The van der Waals surface area contributed by atoms with Gasteiger partial charge in [-0.25, -0.2) is 0 Å². The fourth-order valence-corrected chi connectivity index (χ4v) is 2.83. The summed E-state index contributed by atoms with van der Waals surface area (Å²) in [7, 11) is 3.37. The van der Waals surface area contributed by atoms with Gasteiger partial charge in [0.25, 0.3) is 0 Å². The van der Waals surface area contributed by atoms with Crippen LogP contribution in [0, 0.1) is 0 Å². The van der Waals surface area contributed by atoms with Gasteiger partial charge < -0.3 is 4.74 Å². The SMILES string of the molecule is [Si]COc1ccc(C2=CCCC2)c2ccccc12. The van der Waals surface area contributed by atoms with E-state index in [4.69, 9.17) is 4.74 Å². The average Bonchev–Trinajstić information content (AvgIpc) is 2.93. The summed E-state index contributed by atoms with van der Waals surface area (Å²) in [6.07, 6.45) is 6.58. The maximum atomic E-state index is 5.63. The molecule has 1 nitrogen and oxygen atoms in total. The first-order chi connectivity index (χ1) is 8.90. The Hall–Kier alpha value is -1.54. The maximum Gasteiger partial charge on any atom is 0.126 e. The van der Waals surface area contributed by atoms with Crippen molar-refractivity contribution >= 4 is 26.6 Å². The summed E-state index contributed by atoms with van der Waals surface area (Å²) in [5, 5.41) is 2.49. The van der Waals surface area contributed by atoms with Crippen LogP contribution in [0.5, 0.6) is 5.75 Å². The quantitative estimate of drug-likeness (QED) is 0.751. The van der Waals surface area contributed by atoms with E-state index < -0.39 is 0 Å². The molecule has 0 bridgehead atoms. The molecule has 0 heterocycles. The molecule has 0 N–H and O–H groups in total. The molecule has 0 aliphatic heterocycles. The summed E-state index contributed by atoms with van der Waals surface area (Å²) >= 11 is 0. The first-order valence-electron chi connectivity index (χ1n) is 6.38. The largest absolute Gasteiger partial charge is 0.497 e. The second kappa shape index (κ2) is 4.98. The molecular weight excluding hydrogens is 236 g/mol. The van der Waals surface area contributed by atoms with E-state index in [-0.39, 0.29) is 0 Å². The summed E-state index contributed by atoms with van der Waals surface area (Å²) < 4.78 is 5.63. The molecule has 2 aromatic carbocycles. The van der Waals surface area contributed by atoms with E-state index in [9.17, 15) is 0 Å². The van der Waals surface area contributed by atoms with Gasteiger partial charge in [0.2, 0.25) is 0 Å². The molecule has 2 aromatic rings. The second-order valence-corrected chi connectivity index (χ2v) is 4.86. The highest BCUT2D eigenvalue weighted by Gasteiger charge is 2.12. The molecule has 0 amide bonds. The molecule has 3 rings (SSSR count). The van der Waals surface area contributed by atoms with Crippen LogP contribution < -0.4 is 4.74 Å². The number of fused-ring (bicyclic) bond motifs is 1. The van der Waals surface area contributed by atoms with Crippen molar-refractivity contribution in [2.45, 2.75) is 19.3 Å². The van der Waals surface area contributed by atoms with Crippen molar-refractivity contribution in [3.05, 3.63) is 48.0 Å². The van der Waals surface area contributed by atoms with E-state index in [0.29, 0.717) is 6.23 Å². The highest BCUT2D eigenvalue weighted by Crippen LogP contribution is 2.36. The van der Waals surface area contributed by atoms with E-state index in [1.54, 1.807) is 0 Å². The van der Waals surface area contributed by atoms with Gasteiger partial charge in [-0.3, -0.25) is 0 Å². The van der Waals surface area contributed by atoms with Crippen LogP contribution in [0.1, 0.15) is 24.8 Å². The Balaban J connectivity index is 2.19. The number of hydrogen-bond donors (Lipinski definition) is 0. The van der Waals surface area contributed by atoms with Crippen LogP contribution in [0.2, 0.25) is 0 Å². The predicted octanol–water partition coefficient (Wildman–Crippen LogP) is 3.91. The van der Waals surface area contributed by atoms with E-state index in [2.05, 4.69) is 52.7 Å². The third-order valence-corrected chi connectivity index (χ3v) is 3.64. The smallest absolute Gasteiger partial charge is 0.126 e. The van der Waals surface area contributed by atoms with Crippen LogP contribution in [0.4, 0.5) is 0 Å². The van der Waals surface area contributed by atoms with Gasteiger partial charge in [-0.15, -0.1) is 0 Å². The minimum atomic E-state index is 0.520. The molecule has 0 unspecified atom stereocenters. The molecule has 0 saturated carbocycles. The first-order valence-corrected chi connectivity index (χ1v) is 7.09. The van der Waals surface area contributed by atoms with Crippen LogP contribution in [-0.4, -0.2) is 16.5 Å². The Labute approximate surface area is 111 Å². The van der Waals surface area contributed by atoms with Gasteiger partial charge in [0.05, 0.1) is 16.5 Å². The molecule has 2 heteroatoms. The van der Waals surface area contributed by atoms with Gasteiger partial charge in [0.15, 0.2) is 0 Å². The lowest BCUT2D eigenvalue weighted by atomic mass is 9.97. The number of benzene rings is 2. The van der Waals surface area contributed by atoms with Crippen LogP contribution >= 0.6 is 0 Å². The lowest BCUT2D eigenvalue weighted by molar-refractivity contribution is 0.392. The van der Waals surface area contributed by atoms with Crippen LogP contribution in [-0.2, 0) is 0 Å². The van der Waals surface area contributed by atoms with Crippen LogP contribution in [0.25, 0.3) is 16.3 Å². The Bertz CT molecular complexity index is 601. The minimum absolute atomic E-state index is 0.520. The average molecular weight is 251 g/mol. The van der Waals surface area contributed by atoms with Crippen LogP contribution in [0.15, 0.2) is 42.5 Å². The van der Waals surface area contributed by atoms with Crippen molar-refractivity contribution in [1.82, 2.24) is 0 Å². The zero-order valence-corrected chi connectivity index (χ0v) is 11.3. The van der Waals surface area contributed by atoms with Crippen molar-refractivity contribution in [3.63, 3.8) is 0 Å². The molecule has 0 aromatic heterocycles. The molecule has 0 atom stereocenters. The second-order valence-electron chi connectivity index (χ2n) is 4.57. The van der Waals surface area contributed by atoms with Crippen molar-refractivity contribution in [3.8, 4) is 5.75 Å². The van der Waals surface area contributed by atoms with E-state index in [1.807, 2.05) is 0 Å². The molecule has 1 aliphatic rings. The standard InChI is InChI=1S/C16H15OSi/c18-11-17-16-10-9-13(12-5-1-2-6-12)14-7-3-4-8-15(14)16/h3-5,7-10H,1-2,6,11H2. The third kappa shape index (κ3) is 1.97. The van der Waals surface area contributed by atoms with Crippen molar-refractivity contribution in [1.29, 1.82) is 0 Å². The molecule has 0 saturated heterocycles. The number of hydrogen-bond acceptors (Lipinski definition) is 1. The van der Waals surface area contributed by atoms with Gasteiger partial charge >= 0.3 is 0 Å². The topological polar surface area (TPSA) is 9.23 Å². The summed E-state index contributed by atoms with van der Waals surface area (Å²) in [5.74, 6) is 0.947. The van der Waals surface area contributed by atoms with Gasteiger partial charge in [-0.2, -0.15) is 0 Å².